The molecule has 0 aliphatic carbocycles. The van der Waals surface area contributed by atoms with Crippen LogP contribution in [-0.4, -0.2) is 34.1 Å². The van der Waals surface area contributed by atoms with E-state index in [1.165, 1.54) is 30.3 Å². The molecule has 0 radical (unpaired) electrons. The Morgan fingerprint density at radius 3 is 2.46 bits per heavy atom. The summed E-state index contributed by atoms with van der Waals surface area (Å²) >= 11 is 0. The number of carbonyl (C=O) groups excluding carboxylic acids is 1. The second-order valence-electron chi connectivity index (χ2n) is 5.41. The lowest BCUT2D eigenvalue weighted by molar-refractivity contribution is 0.0450. The Labute approximate surface area is 153 Å². The van der Waals surface area contributed by atoms with Gasteiger partial charge in [0.05, 0.1) is 10.5 Å². The molecule has 0 heterocycles. The van der Waals surface area contributed by atoms with E-state index < -0.39 is 16.0 Å². The highest BCUT2D eigenvalue weighted by Gasteiger charge is 2.14. The number of para-hydroxylation sites is 1. The van der Waals surface area contributed by atoms with Crippen LogP contribution in [-0.2, 0) is 14.8 Å². The molecule has 7 heteroatoms. The van der Waals surface area contributed by atoms with Crippen molar-refractivity contribution in [2.24, 2.45) is 0 Å². The third-order valence-electron chi connectivity index (χ3n) is 3.49. The van der Waals surface area contributed by atoms with Crippen LogP contribution in [0.4, 0.5) is 0 Å². The molecule has 2 rings (SSSR count). The van der Waals surface area contributed by atoms with E-state index in [0.29, 0.717) is 0 Å². The second-order valence-corrected chi connectivity index (χ2v) is 7.18. The van der Waals surface area contributed by atoms with Crippen LogP contribution < -0.4 is 9.46 Å². The first-order valence-corrected chi connectivity index (χ1v) is 9.48. The van der Waals surface area contributed by atoms with Crippen LogP contribution in [0.5, 0.6) is 5.75 Å². The molecule has 2 aromatic carbocycles. The summed E-state index contributed by atoms with van der Waals surface area (Å²) in [4.78, 5) is 12.1. The maximum Gasteiger partial charge on any atom is 0.338 e. The summed E-state index contributed by atoms with van der Waals surface area (Å²) < 4.78 is 37.0. The van der Waals surface area contributed by atoms with Crippen LogP contribution in [0.1, 0.15) is 15.9 Å². The maximum absolute atomic E-state index is 12.0. The molecule has 0 bridgehead atoms. The average Bonchev–Trinajstić information content (AvgIpc) is 2.65. The number of hydrogen-bond donors (Lipinski definition) is 1. The van der Waals surface area contributed by atoms with E-state index in [4.69, 9.17) is 9.47 Å². The van der Waals surface area contributed by atoms with Crippen LogP contribution in [0.15, 0.2) is 66.1 Å². The summed E-state index contributed by atoms with van der Waals surface area (Å²) in [5, 5.41) is 0. The largest absolute Gasteiger partial charge is 0.490 e. The number of hydrogen-bond acceptors (Lipinski definition) is 5. The van der Waals surface area contributed by atoms with Crippen molar-refractivity contribution in [3.05, 3.63) is 72.3 Å². The molecule has 1 N–H and O–H groups in total. The van der Waals surface area contributed by atoms with Crippen LogP contribution >= 0.6 is 0 Å². The summed E-state index contributed by atoms with van der Waals surface area (Å²) in [6.07, 6.45) is 1.45. The van der Waals surface area contributed by atoms with E-state index in [0.717, 1.165) is 11.3 Å². The van der Waals surface area contributed by atoms with Gasteiger partial charge in [0.1, 0.15) is 19.0 Å². The van der Waals surface area contributed by atoms with E-state index in [1.807, 2.05) is 31.2 Å². The van der Waals surface area contributed by atoms with Crippen molar-refractivity contribution in [2.75, 3.05) is 19.8 Å². The first kappa shape index (κ1) is 19.7. The van der Waals surface area contributed by atoms with Crippen molar-refractivity contribution in [2.45, 2.75) is 11.8 Å². The number of carbonyl (C=O) groups is 1. The van der Waals surface area contributed by atoms with Crippen molar-refractivity contribution >= 4 is 16.0 Å². The molecule has 0 saturated carbocycles. The van der Waals surface area contributed by atoms with E-state index in [9.17, 15) is 13.2 Å². The Hall–Kier alpha value is -2.64. The Balaban J connectivity index is 1.86. The third kappa shape index (κ3) is 5.44. The number of aryl methyl sites for hydroxylation is 1. The Kier molecular flexibility index (Phi) is 6.94. The lowest BCUT2D eigenvalue weighted by Crippen LogP contribution is -2.23. The monoisotopic (exact) mass is 375 g/mol. The molecule has 26 heavy (non-hydrogen) atoms. The van der Waals surface area contributed by atoms with Crippen LogP contribution in [0, 0.1) is 6.92 Å². The SMILES string of the molecule is C=CCNS(=O)(=O)c1ccc(C(=O)OCCOc2ccccc2C)cc1. The van der Waals surface area contributed by atoms with Crippen molar-refractivity contribution in [3.8, 4) is 5.75 Å². The zero-order chi connectivity index (χ0) is 19.0. The molecule has 0 saturated heterocycles. The molecule has 0 aliphatic heterocycles. The van der Waals surface area contributed by atoms with Gasteiger partial charge < -0.3 is 9.47 Å². The second kappa shape index (κ2) is 9.17. The van der Waals surface area contributed by atoms with Crippen molar-refractivity contribution < 1.29 is 22.7 Å². The summed E-state index contributed by atoms with van der Waals surface area (Å²) in [5.41, 5.74) is 1.27. The van der Waals surface area contributed by atoms with Crippen LogP contribution in [0.25, 0.3) is 0 Å². The molecular formula is C19H21NO5S. The van der Waals surface area contributed by atoms with E-state index in [1.54, 1.807) is 0 Å². The predicted octanol–water partition coefficient (Wildman–Crippen LogP) is 2.70. The minimum Gasteiger partial charge on any atom is -0.490 e. The van der Waals surface area contributed by atoms with Gasteiger partial charge in [-0.15, -0.1) is 6.58 Å². The zero-order valence-electron chi connectivity index (χ0n) is 14.5. The van der Waals surface area contributed by atoms with Crippen molar-refractivity contribution in [1.29, 1.82) is 0 Å². The first-order chi connectivity index (χ1) is 12.4. The predicted molar refractivity (Wildman–Crippen MR) is 98.8 cm³/mol. The average molecular weight is 375 g/mol. The lowest BCUT2D eigenvalue weighted by atomic mass is 10.2. The Bertz CT molecular complexity index is 860. The van der Waals surface area contributed by atoms with Crippen molar-refractivity contribution in [1.82, 2.24) is 4.72 Å². The minimum absolute atomic E-state index is 0.0683. The van der Waals surface area contributed by atoms with Gasteiger partial charge in [-0.1, -0.05) is 24.3 Å². The topological polar surface area (TPSA) is 81.7 Å². The molecule has 0 spiro atoms. The van der Waals surface area contributed by atoms with Gasteiger partial charge in [-0.05, 0) is 42.8 Å². The van der Waals surface area contributed by atoms with Gasteiger partial charge in [-0.25, -0.2) is 17.9 Å². The maximum atomic E-state index is 12.0. The minimum atomic E-state index is -3.61. The highest BCUT2D eigenvalue weighted by molar-refractivity contribution is 7.89. The van der Waals surface area contributed by atoms with Gasteiger partial charge in [0, 0.05) is 6.54 Å². The molecule has 0 unspecified atom stereocenters. The fraction of sp³-hybridized carbons (Fsp3) is 0.211. The molecule has 0 fully saturated rings. The summed E-state index contributed by atoms with van der Waals surface area (Å²) in [5.74, 6) is 0.200. The van der Waals surface area contributed by atoms with E-state index in [2.05, 4.69) is 11.3 Å². The quantitative estimate of drug-likeness (QED) is 0.414. The Morgan fingerprint density at radius 2 is 1.81 bits per heavy atom. The summed E-state index contributed by atoms with van der Waals surface area (Å²) in [6.45, 7) is 5.84. The van der Waals surface area contributed by atoms with Crippen molar-refractivity contribution in [3.63, 3.8) is 0 Å². The molecule has 0 amide bonds. The Morgan fingerprint density at radius 1 is 1.12 bits per heavy atom. The molecule has 2 aromatic rings. The number of ether oxygens (including phenoxy) is 2. The van der Waals surface area contributed by atoms with E-state index in [-0.39, 0.29) is 30.2 Å². The van der Waals surface area contributed by atoms with Crippen LogP contribution in [0.2, 0.25) is 0 Å². The summed E-state index contributed by atoms with van der Waals surface area (Å²) in [6, 6.07) is 13.1. The van der Waals surface area contributed by atoms with Gasteiger partial charge >= 0.3 is 5.97 Å². The normalized spacial score (nSPS) is 11.0. The molecule has 0 aromatic heterocycles. The lowest BCUT2D eigenvalue weighted by Gasteiger charge is -2.10. The fourth-order valence-corrected chi connectivity index (χ4v) is 3.11. The first-order valence-electron chi connectivity index (χ1n) is 8.00. The highest BCUT2D eigenvalue weighted by atomic mass is 32.2. The number of benzene rings is 2. The summed E-state index contributed by atoms with van der Waals surface area (Å²) in [7, 11) is -3.61. The smallest absolute Gasteiger partial charge is 0.338 e. The highest BCUT2D eigenvalue weighted by Crippen LogP contribution is 2.16. The third-order valence-corrected chi connectivity index (χ3v) is 4.93. The number of nitrogens with one attached hydrogen (secondary N) is 1. The van der Waals surface area contributed by atoms with Gasteiger partial charge in [0.25, 0.3) is 0 Å². The zero-order valence-corrected chi connectivity index (χ0v) is 15.3. The number of rotatable bonds is 9. The molecule has 0 atom stereocenters. The fourth-order valence-electron chi connectivity index (χ4n) is 2.11. The molecule has 6 nitrogen and oxygen atoms in total. The van der Waals surface area contributed by atoms with E-state index >= 15 is 0 Å². The van der Waals surface area contributed by atoms with Gasteiger partial charge in [0.2, 0.25) is 10.0 Å². The standard InChI is InChI=1S/C19H21NO5S/c1-3-12-20-26(22,23)17-10-8-16(9-11-17)19(21)25-14-13-24-18-7-5-4-6-15(18)2/h3-11,20H,1,12-14H2,2H3. The van der Waals surface area contributed by atoms with Gasteiger partial charge in [0.15, 0.2) is 0 Å². The molecule has 138 valence electrons. The number of sulfonamides is 1. The van der Waals surface area contributed by atoms with Gasteiger partial charge in [-0.3, -0.25) is 0 Å². The molecule has 0 aliphatic rings. The van der Waals surface area contributed by atoms with Crippen LogP contribution in [0.3, 0.4) is 0 Å². The van der Waals surface area contributed by atoms with Gasteiger partial charge in [-0.2, -0.15) is 0 Å². The number of esters is 1. The molecular weight excluding hydrogens is 354 g/mol.